The summed E-state index contributed by atoms with van der Waals surface area (Å²) in [7, 11) is 0. The van der Waals surface area contributed by atoms with Crippen molar-refractivity contribution in [1.82, 2.24) is 10.2 Å². The Morgan fingerprint density at radius 1 is 1.38 bits per heavy atom. The first-order valence-electron chi connectivity index (χ1n) is 7.71. The molecular weight excluding hydrogens is 340 g/mol. The third kappa shape index (κ3) is 2.64. The van der Waals surface area contributed by atoms with Gasteiger partial charge in [-0.3, -0.25) is 9.89 Å². The summed E-state index contributed by atoms with van der Waals surface area (Å²) in [6, 6.07) is 7.92. The largest absolute Gasteiger partial charge is 0.311 e. The molecule has 7 heteroatoms. The highest BCUT2D eigenvalue weighted by Gasteiger charge is 2.22. The number of rotatable bonds is 3. The van der Waals surface area contributed by atoms with E-state index < -0.39 is 0 Å². The summed E-state index contributed by atoms with van der Waals surface area (Å²) >= 11 is 3.11. The van der Waals surface area contributed by atoms with Crippen molar-refractivity contribution < 1.29 is 4.79 Å². The highest BCUT2D eigenvalue weighted by atomic mass is 32.1. The average Bonchev–Trinajstić information content (AvgIpc) is 3.33. The Balaban J connectivity index is 1.59. The van der Waals surface area contributed by atoms with E-state index in [-0.39, 0.29) is 5.91 Å². The normalized spacial score (nSPS) is 13.3. The van der Waals surface area contributed by atoms with Gasteiger partial charge in [0, 0.05) is 4.88 Å². The van der Waals surface area contributed by atoms with Crippen LogP contribution in [0.25, 0.3) is 10.6 Å². The van der Waals surface area contributed by atoms with Crippen LogP contribution in [-0.4, -0.2) is 16.1 Å². The number of nitriles is 1. The summed E-state index contributed by atoms with van der Waals surface area (Å²) in [5.74, 6) is -0.288. The first-order valence-corrected chi connectivity index (χ1v) is 9.41. The van der Waals surface area contributed by atoms with Gasteiger partial charge >= 0.3 is 0 Å². The monoisotopic (exact) mass is 354 g/mol. The number of nitrogens with zero attached hydrogens (tertiary/aromatic N) is 2. The lowest BCUT2D eigenvalue weighted by Crippen LogP contribution is -2.12. The van der Waals surface area contributed by atoms with Gasteiger partial charge in [-0.2, -0.15) is 10.4 Å². The fourth-order valence-electron chi connectivity index (χ4n) is 2.94. The molecule has 1 amide bonds. The minimum Gasteiger partial charge on any atom is -0.311 e. The lowest BCUT2D eigenvalue weighted by atomic mass is 9.96. The van der Waals surface area contributed by atoms with Gasteiger partial charge in [0.05, 0.1) is 16.1 Å². The standard InChI is InChI=1S/C17H14N4OS2/c18-9-11-10-4-1-2-5-14(10)24-17(11)19-16(22)13-8-12(20-21-13)15-6-3-7-23-15/h3,6-8H,1-2,4-5H2,(H,19,22)(H,20,21). The Kier molecular flexibility index (Phi) is 3.92. The van der Waals surface area contributed by atoms with E-state index in [2.05, 4.69) is 21.6 Å². The quantitative estimate of drug-likeness (QED) is 0.739. The number of carbonyl (C=O) groups is 1. The maximum absolute atomic E-state index is 12.5. The van der Waals surface area contributed by atoms with Gasteiger partial charge in [-0.25, -0.2) is 0 Å². The molecule has 3 aromatic rings. The van der Waals surface area contributed by atoms with Gasteiger partial charge in [0.25, 0.3) is 5.91 Å². The second kappa shape index (κ2) is 6.23. The van der Waals surface area contributed by atoms with E-state index in [0.717, 1.165) is 41.8 Å². The molecule has 0 saturated heterocycles. The van der Waals surface area contributed by atoms with E-state index in [9.17, 15) is 10.1 Å². The maximum Gasteiger partial charge on any atom is 0.276 e. The molecule has 0 bridgehead atoms. The Bertz CT molecular complexity index is 931. The van der Waals surface area contributed by atoms with Crippen molar-refractivity contribution >= 4 is 33.6 Å². The fourth-order valence-corrected chi connectivity index (χ4v) is 4.86. The van der Waals surface area contributed by atoms with E-state index in [4.69, 9.17) is 0 Å². The Morgan fingerprint density at radius 3 is 3.04 bits per heavy atom. The molecule has 1 aliphatic carbocycles. The molecule has 24 heavy (non-hydrogen) atoms. The number of amides is 1. The van der Waals surface area contributed by atoms with E-state index in [1.54, 1.807) is 17.4 Å². The van der Waals surface area contributed by atoms with Gasteiger partial charge in [0.15, 0.2) is 5.69 Å². The van der Waals surface area contributed by atoms with Crippen molar-refractivity contribution in [2.75, 3.05) is 5.32 Å². The minimum atomic E-state index is -0.288. The summed E-state index contributed by atoms with van der Waals surface area (Å²) in [6.07, 6.45) is 4.18. The maximum atomic E-state index is 12.5. The molecule has 0 radical (unpaired) electrons. The van der Waals surface area contributed by atoms with Crippen LogP contribution in [0.15, 0.2) is 23.6 Å². The van der Waals surface area contributed by atoms with Gasteiger partial charge in [-0.15, -0.1) is 22.7 Å². The van der Waals surface area contributed by atoms with Crippen LogP contribution in [0.1, 0.15) is 39.3 Å². The lowest BCUT2D eigenvalue weighted by Gasteiger charge is -2.09. The highest BCUT2D eigenvalue weighted by molar-refractivity contribution is 7.16. The van der Waals surface area contributed by atoms with E-state index in [1.807, 2.05) is 17.5 Å². The van der Waals surface area contributed by atoms with Gasteiger partial charge in [-0.1, -0.05) is 6.07 Å². The number of carbonyl (C=O) groups excluding carboxylic acids is 1. The minimum absolute atomic E-state index is 0.288. The van der Waals surface area contributed by atoms with Gasteiger partial charge in [0.1, 0.15) is 11.1 Å². The zero-order valence-corrected chi connectivity index (χ0v) is 14.4. The SMILES string of the molecule is N#Cc1c(NC(=O)c2cc(-c3cccs3)[nH]n2)sc2c1CCCC2. The first-order chi connectivity index (χ1) is 11.8. The molecule has 3 aromatic heterocycles. The van der Waals surface area contributed by atoms with Crippen molar-refractivity contribution in [2.45, 2.75) is 25.7 Å². The molecule has 0 unspecified atom stereocenters. The van der Waals surface area contributed by atoms with E-state index in [1.165, 1.54) is 16.2 Å². The number of thiophene rings is 2. The van der Waals surface area contributed by atoms with E-state index in [0.29, 0.717) is 16.3 Å². The van der Waals surface area contributed by atoms with Crippen molar-refractivity contribution in [1.29, 1.82) is 5.26 Å². The number of aromatic amines is 1. The summed E-state index contributed by atoms with van der Waals surface area (Å²) < 4.78 is 0. The third-order valence-corrected chi connectivity index (χ3v) is 6.22. The van der Waals surface area contributed by atoms with Gasteiger partial charge in [-0.05, 0) is 48.8 Å². The summed E-state index contributed by atoms with van der Waals surface area (Å²) in [5.41, 5.74) is 2.89. The number of aromatic nitrogens is 2. The number of hydrogen-bond acceptors (Lipinski definition) is 5. The molecule has 0 atom stereocenters. The average molecular weight is 354 g/mol. The van der Waals surface area contributed by atoms with Gasteiger partial charge < -0.3 is 5.32 Å². The van der Waals surface area contributed by atoms with Crippen LogP contribution in [0.4, 0.5) is 5.00 Å². The number of nitrogens with one attached hydrogen (secondary N) is 2. The molecule has 0 saturated carbocycles. The van der Waals surface area contributed by atoms with Crippen molar-refractivity contribution in [3.05, 3.63) is 45.3 Å². The Morgan fingerprint density at radius 2 is 2.25 bits per heavy atom. The molecule has 1 aliphatic rings. The molecule has 2 N–H and O–H groups in total. The summed E-state index contributed by atoms with van der Waals surface area (Å²) in [4.78, 5) is 14.7. The molecule has 0 aliphatic heterocycles. The zero-order valence-electron chi connectivity index (χ0n) is 12.8. The zero-order chi connectivity index (χ0) is 16.5. The second-order valence-corrected chi connectivity index (χ2v) is 7.68. The molecule has 4 rings (SSSR count). The van der Waals surface area contributed by atoms with Crippen molar-refractivity contribution in [3.8, 4) is 16.6 Å². The molecule has 0 fully saturated rings. The predicted molar refractivity (Wildman–Crippen MR) is 95.5 cm³/mol. The molecule has 120 valence electrons. The van der Waals surface area contributed by atoms with Crippen LogP contribution in [-0.2, 0) is 12.8 Å². The van der Waals surface area contributed by atoms with Crippen LogP contribution in [0.2, 0.25) is 0 Å². The summed E-state index contributed by atoms with van der Waals surface area (Å²) in [5, 5.41) is 21.9. The van der Waals surface area contributed by atoms with Crippen LogP contribution in [0.5, 0.6) is 0 Å². The first kappa shape index (κ1) is 15.1. The number of hydrogen-bond donors (Lipinski definition) is 2. The van der Waals surface area contributed by atoms with Crippen LogP contribution in [0.3, 0.4) is 0 Å². The fraction of sp³-hybridized carbons (Fsp3) is 0.235. The number of anilines is 1. The number of fused-ring (bicyclic) bond motifs is 1. The van der Waals surface area contributed by atoms with E-state index >= 15 is 0 Å². The highest BCUT2D eigenvalue weighted by Crippen LogP contribution is 2.37. The van der Waals surface area contributed by atoms with Crippen LogP contribution in [0, 0.1) is 11.3 Å². The molecular formula is C17H14N4OS2. The lowest BCUT2D eigenvalue weighted by molar-refractivity contribution is 0.102. The number of aryl methyl sites for hydroxylation is 1. The Hall–Kier alpha value is -2.43. The van der Waals surface area contributed by atoms with Crippen molar-refractivity contribution in [2.24, 2.45) is 0 Å². The third-order valence-electron chi connectivity index (χ3n) is 4.11. The smallest absolute Gasteiger partial charge is 0.276 e. The summed E-state index contributed by atoms with van der Waals surface area (Å²) in [6.45, 7) is 0. The molecule has 0 spiro atoms. The number of H-pyrrole nitrogens is 1. The van der Waals surface area contributed by atoms with Crippen LogP contribution < -0.4 is 5.32 Å². The second-order valence-electron chi connectivity index (χ2n) is 5.63. The molecule has 3 heterocycles. The van der Waals surface area contributed by atoms with Gasteiger partial charge in [0.2, 0.25) is 0 Å². The molecule has 5 nitrogen and oxygen atoms in total. The topological polar surface area (TPSA) is 81.6 Å². The predicted octanol–water partition coefficient (Wildman–Crippen LogP) is 4.20. The Labute approximate surface area is 147 Å². The van der Waals surface area contributed by atoms with Crippen molar-refractivity contribution in [3.63, 3.8) is 0 Å². The molecule has 0 aromatic carbocycles. The van der Waals surface area contributed by atoms with Crippen LogP contribution >= 0.6 is 22.7 Å².